The molecular formula is C22H22Cl3N5O2S. The van der Waals surface area contributed by atoms with E-state index in [0.29, 0.717) is 51.0 Å². The van der Waals surface area contributed by atoms with Gasteiger partial charge in [-0.2, -0.15) is 0 Å². The summed E-state index contributed by atoms with van der Waals surface area (Å²) < 4.78 is 1.92. The Bertz CT molecular complexity index is 1170. The molecule has 3 aromatic rings. The number of benzene rings is 2. The molecule has 0 saturated carbocycles. The van der Waals surface area contributed by atoms with Crippen LogP contribution in [0.5, 0.6) is 0 Å². The Morgan fingerprint density at radius 3 is 2.52 bits per heavy atom. The molecule has 0 unspecified atom stereocenters. The van der Waals surface area contributed by atoms with Crippen molar-refractivity contribution in [3.8, 4) is 0 Å². The summed E-state index contributed by atoms with van der Waals surface area (Å²) in [6, 6.07) is 10.1. The molecule has 0 aliphatic carbocycles. The number of nitrogens with zero attached hydrogens (tertiary/aromatic N) is 3. The number of nitrogens with one attached hydrogen (secondary N) is 2. The van der Waals surface area contributed by atoms with Crippen molar-refractivity contribution < 1.29 is 9.59 Å². The number of aromatic nitrogens is 3. The van der Waals surface area contributed by atoms with Gasteiger partial charge in [-0.3, -0.25) is 9.59 Å². The lowest BCUT2D eigenvalue weighted by atomic mass is 10.2. The van der Waals surface area contributed by atoms with Gasteiger partial charge in [-0.05, 0) is 49.7 Å². The fourth-order valence-corrected chi connectivity index (χ4v) is 4.25. The second kappa shape index (κ2) is 11.7. The zero-order chi connectivity index (χ0) is 24.0. The van der Waals surface area contributed by atoms with E-state index in [9.17, 15) is 9.59 Å². The molecule has 0 bridgehead atoms. The number of carbonyl (C=O) groups excluding carboxylic acids is 2. The van der Waals surface area contributed by atoms with Crippen LogP contribution in [0.25, 0.3) is 0 Å². The van der Waals surface area contributed by atoms with E-state index in [1.807, 2.05) is 30.5 Å². The van der Waals surface area contributed by atoms with Gasteiger partial charge in [-0.25, -0.2) is 0 Å². The zero-order valence-electron chi connectivity index (χ0n) is 18.0. The van der Waals surface area contributed by atoms with E-state index in [0.717, 1.165) is 11.4 Å². The maximum absolute atomic E-state index is 12.3. The molecule has 1 heterocycles. The smallest absolute Gasteiger partial charge is 0.251 e. The maximum atomic E-state index is 12.3. The van der Waals surface area contributed by atoms with Crippen LogP contribution in [0, 0.1) is 6.92 Å². The van der Waals surface area contributed by atoms with E-state index in [1.165, 1.54) is 17.8 Å². The lowest BCUT2D eigenvalue weighted by Gasteiger charge is -2.09. The van der Waals surface area contributed by atoms with Crippen LogP contribution in [0.1, 0.15) is 28.7 Å². The molecule has 11 heteroatoms. The van der Waals surface area contributed by atoms with E-state index in [4.69, 9.17) is 34.8 Å². The van der Waals surface area contributed by atoms with Crippen molar-refractivity contribution in [2.45, 2.75) is 32.0 Å². The average molecular weight is 527 g/mol. The van der Waals surface area contributed by atoms with Crippen molar-refractivity contribution in [2.75, 3.05) is 17.6 Å². The summed E-state index contributed by atoms with van der Waals surface area (Å²) in [7, 11) is 0. The van der Waals surface area contributed by atoms with Gasteiger partial charge >= 0.3 is 0 Å². The Balaban J connectivity index is 1.52. The highest BCUT2D eigenvalue weighted by molar-refractivity contribution is 7.99. The fourth-order valence-electron chi connectivity index (χ4n) is 2.95. The standard InChI is InChI=1S/C22H22Cl3N5O2S/c1-3-30-19(8-9-26-21(32)14-5-7-16(23)18(25)10-14)28-29-22(30)33-12-20(31)27-15-6-4-13(2)17(24)11-15/h4-7,10-11H,3,8-9,12H2,1-2H3,(H,26,32)(H,27,31). The quantitative estimate of drug-likeness (QED) is 0.371. The van der Waals surface area contributed by atoms with Crippen LogP contribution in [0.2, 0.25) is 15.1 Å². The van der Waals surface area contributed by atoms with E-state index in [-0.39, 0.29) is 17.6 Å². The first kappa shape index (κ1) is 25.4. The van der Waals surface area contributed by atoms with Gasteiger partial charge in [0, 0.05) is 35.8 Å². The summed E-state index contributed by atoms with van der Waals surface area (Å²) in [6.45, 7) is 4.88. The van der Waals surface area contributed by atoms with Gasteiger partial charge in [0.15, 0.2) is 5.16 Å². The van der Waals surface area contributed by atoms with Crippen molar-refractivity contribution in [1.82, 2.24) is 20.1 Å². The lowest BCUT2D eigenvalue weighted by Crippen LogP contribution is -2.26. The van der Waals surface area contributed by atoms with E-state index in [1.54, 1.807) is 18.2 Å². The fraction of sp³-hybridized carbons (Fsp3) is 0.273. The molecule has 2 aromatic carbocycles. The predicted octanol–water partition coefficient (Wildman–Crippen LogP) is 5.27. The number of carbonyl (C=O) groups is 2. The van der Waals surface area contributed by atoms with Crippen molar-refractivity contribution in [3.05, 3.63) is 68.4 Å². The topological polar surface area (TPSA) is 88.9 Å². The molecular weight excluding hydrogens is 505 g/mol. The molecule has 0 spiro atoms. The molecule has 2 N–H and O–H groups in total. The van der Waals surface area contributed by atoms with E-state index >= 15 is 0 Å². The lowest BCUT2D eigenvalue weighted by molar-refractivity contribution is -0.113. The third-order valence-corrected chi connectivity index (χ3v) is 6.83. The summed E-state index contributed by atoms with van der Waals surface area (Å²) in [5, 5.41) is 16.0. The molecule has 0 aliphatic heterocycles. The minimum Gasteiger partial charge on any atom is -0.352 e. The number of hydrogen-bond acceptors (Lipinski definition) is 5. The van der Waals surface area contributed by atoms with Gasteiger partial charge in [-0.1, -0.05) is 52.6 Å². The van der Waals surface area contributed by atoms with Crippen LogP contribution in [0.4, 0.5) is 5.69 Å². The Hall–Kier alpha value is -2.26. The molecule has 2 amide bonds. The minimum atomic E-state index is -0.251. The molecule has 0 atom stereocenters. The molecule has 174 valence electrons. The first-order valence-electron chi connectivity index (χ1n) is 10.1. The molecule has 33 heavy (non-hydrogen) atoms. The zero-order valence-corrected chi connectivity index (χ0v) is 21.1. The van der Waals surface area contributed by atoms with Crippen molar-refractivity contribution in [3.63, 3.8) is 0 Å². The number of aryl methyl sites for hydroxylation is 1. The number of anilines is 1. The molecule has 1 aromatic heterocycles. The second-order valence-corrected chi connectivity index (χ2v) is 9.24. The molecule has 0 aliphatic rings. The average Bonchev–Trinajstić information content (AvgIpc) is 3.18. The number of thioether (sulfide) groups is 1. The molecule has 0 saturated heterocycles. The normalized spacial score (nSPS) is 10.8. The van der Waals surface area contributed by atoms with Gasteiger partial charge in [-0.15, -0.1) is 10.2 Å². The molecule has 0 fully saturated rings. The molecule has 7 nitrogen and oxygen atoms in total. The maximum Gasteiger partial charge on any atom is 0.251 e. The van der Waals surface area contributed by atoms with E-state index in [2.05, 4.69) is 20.8 Å². The van der Waals surface area contributed by atoms with Gasteiger partial charge < -0.3 is 15.2 Å². The van der Waals surface area contributed by atoms with Crippen LogP contribution < -0.4 is 10.6 Å². The highest BCUT2D eigenvalue weighted by Gasteiger charge is 2.14. The first-order valence-corrected chi connectivity index (χ1v) is 12.2. The summed E-state index contributed by atoms with van der Waals surface area (Å²) >= 11 is 19.3. The van der Waals surface area contributed by atoms with Crippen molar-refractivity contribution in [1.29, 1.82) is 0 Å². The molecule has 0 radical (unpaired) electrons. The van der Waals surface area contributed by atoms with E-state index < -0.39 is 0 Å². The van der Waals surface area contributed by atoms with Crippen molar-refractivity contribution in [2.24, 2.45) is 0 Å². The minimum absolute atomic E-state index is 0.166. The van der Waals surface area contributed by atoms with Crippen LogP contribution >= 0.6 is 46.6 Å². The summed E-state index contributed by atoms with van der Waals surface area (Å²) in [4.78, 5) is 24.6. The Labute approximate surface area is 211 Å². The highest BCUT2D eigenvalue weighted by Crippen LogP contribution is 2.23. The summed E-state index contributed by atoms with van der Waals surface area (Å²) in [5.41, 5.74) is 2.02. The first-order chi connectivity index (χ1) is 15.8. The second-order valence-electron chi connectivity index (χ2n) is 7.08. The van der Waals surface area contributed by atoms with Gasteiger partial charge in [0.1, 0.15) is 5.82 Å². The number of hydrogen-bond donors (Lipinski definition) is 2. The number of amides is 2. The van der Waals surface area contributed by atoms with Crippen LogP contribution in [-0.4, -0.2) is 38.9 Å². The predicted molar refractivity (Wildman–Crippen MR) is 134 cm³/mol. The largest absolute Gasteiger partial charge is 0.352 e. The van der Waals surface area contributed by atoms with Crippen LogP contribution in [-0.2, 0) is 17.8 Å². The number of halogens is 3. The Morgan fingerprint density at radius 2 is 1.82 bits per heavy atom. The molecule has 3 rings (SSSR count). The van der Waals surface area contributed by atoms with Crippen molar-refractivity contribution >= 4 is 64.1 Å². The highest BCUT2D eigenvalue weighted by atomic mass is 35.5. The van der Waals surface area contributed by atoms with Gasteiger partial charge in [0.25, 0.3) is 5.91 Å². The Kier molecular flexibility index (Phi) is 9.02. The van der Waals surface area contributed by atoms with Crippen LogP contribution in [0.3, 0.4) is 0 Å². The van der Waals surface area contributed by atoms with Gasteiger partial charge in [0.2, 0.25) is 5.91 Å². The SMILES string of the molecule is CCn1c(CCNC(=O)c2ccc(Cl)c(Cl)c2)nnc1SCC(=O)Nc1ccc(C)c(Cl)c1. The number of rotatable bonds is 9. The monoisotopic (exact) mass is 525 g/mol. The van der Waals surface area contributed by atoms with Crippen LogP contribution in [0.15, 0.2) is 41.6 Å². The van der Waals surface area contributed by atoms with Gasteiger partial charge in [0.05, 0.1) is 15.8 Å². The Morgan fingerprint density at radius 1 is 1.03 bits per heavy atom. The summed E-state index contributed by atoms with van der Waals surface area (Å²) in [5.74, 6) is 0.484. The third kappa shape index (κ3) is 6.86. The third-order valence-electron chi connectivity index (χ3n) is 4.71. The summed E-state index contributed by atoms with van der Waals surface area (Å²) in [6.07, 6.45) is 0.489.